The van der Waals surface area contributed by atoms with Gasteiger partial charge in [-0.15, -0.1) is 0 Å². The molecule has 4 aromatic rings. The second-order valence-corrected chi connectivity index (χ2v) is 10.3. The highest BCUT2D eigenvalue weighted by atomic mass is 79.9. The number of ether oxygens (including phenoxy) is 1. The lowest BCUT2D eigenvalue weighted by atomic mass is 9.93. The first-order chi connectivity index (χ1) is 17.4. The summed E-state index contributed by atoms with van der Waals surface area (Å²) in [5.74, 6) is -0.557. The number of rotatable bonds is 5. The number of carbonyl (C=O) groups excluding carboxylic acids is 1. The molecule has 2 aromatic heterocycles. The molecule has 5 rings (SSSR count). The van der Waals surface area contributed by atoms with E-state index in [0.29, 0.717) is 41.1 Å². The second-order valence-electron chi connectivity index (χ2n) is 7.75. The summed E-state index contributed by atoms with van der Waals surface area (Å²) in [6.07, 6.45) is 1.62. The van der Waals surface area contributed by atoms with Gasteiger partial charge in [0.25, 0.3) is 5.56 Å². The number of furan rings is 1. The van der Waals surface area contributed by atoms with Crippen LogP contribution in [0.25, 0.3) is 11.8 Å². The maximum atomic E-state index is 13.8. The molecule has 0 fully saturated rings. The standard InChI is InChI=1S/C26H17Br2FN2O4S/c1-2-34-25(33)20-21(14-6-4-3-5-7-14)30-26-31(22(20)15-8-10-16(29)11-9-15)24(32)19(36-26)13-17-12-18(27)23(28)35-17/h3-13,22H,2H2,1H3. The Balaban J connectivity index is 1.83. The molecule has 1 unspecified atom stereocenters. The summed E-state index contributed by atoms with van der Waals surface area (Å²) in [7, 11) is 0. The van der Waals surface area contributed by atoms with E-state index in [0.717, 1.165) is 0 Å². The molecule has 0 saturated heterocycles. The van der Waals surface area contributed by atoms with Crippen LogP contribution < -0.4 is 14.9 Å². The molecular formula is C26H17Br2FN2O4S. The van der Waals surface area contributed by atoms with Gasteiger partial charge >= 0.3 is 5.97 Å². The Morgan fingerprint density at radius 1 is 1.19 bits per heavy atom. The lowest BCUT2D eigenvalue weighted by Crippen LogP contribution is -2.40. The smallest absolute Gasteiger partial charge is 0.338 e. The normalized spacial score (nSPS) is 15.6. The summed E-state index contributed by atoms with van der Waals surface area (Å²) in [5, 5.41) is 0. The van der Waals surface area contributed by atoms with E-state index in [2.05, 4.69) is 31.9 Å². The van der Waals surface area contributed by atoms with E-state index in [1.165, 1.54) is 28.0 Å². The van der Waals surface area contributed by atoms with Gasteiger partial charge < -0.3 is 9.15 Å². The van der Waals surface area contributed by atoms with E-state index >= 15 is 0 Å². The lowest BCUT2D eigenvalue weighted by molar-refractivity contribution is -0.138. The van der Waals surface area contributed by atoms with E-state index < -0.39 is 17.8 Å². The van der Waals surface area contributed by atoms with Crippen molar-refractivity contribution in [2.75, 3.05) is 6.61 Å². The molecule has 10 heteroatoms. The van der Waals surface area contributed by atoms with Gasteiger partial charge in [0.05, 0.1) is 32.9 Å². The summed E-state index contributed by atoms with van der Waals surface area (Å²) in [5.41, 5.74) is 1.51. The highest BCUT2D eigenvalue weighted by Gasteiger charge is 2.35. The third-order valence-corrected chi connectivity index (χ3v) is 8.19. The molecule has 2 aromatic carbocycles. The number of benzene rings is 2. The van der Waals surface area contributed by atoms with Crippen molar-refractivity contribution in [1.29, 1.82) is 0 Å². The SMILES string of the molecule is CCOC(=O)C1=C(c2ccccc2)N=c2sc(=Cc3cc(Br)c(Br)o3)c(=O)n2C1c1ccc(F)cc1. The maximum Gasteiger partial charge on any atom is 0.338 e. The highest BCUT2D eigenvalue weighted by molar-refractivity contribution is 9.13. The number of thiazole rings is 1. The summed E-state index contributed by atoms with van der Waals surface area (Å²) in [6, 6.07) is 15.8. The van der Waals surface area contributed by atoms with Crippen LogP contribution in [0.1, 0.15) is 29.9 Å². The minimum absolute atomic E-state index is 0.146. The first-order valence-electron chi connectivity index (χ1n) is 10.9. The molecule has 36 heavy (non-hydrogen) atoms. The first-order valence-corrected chi connectivity index (χ1v) is 13.3. The summed E-state index contributed by atoms with van der Waals surface area (Å²) in [4.78, 5) is 32.2. The molecule has 3 heterocycles. The fraction of sp³-hybridized carbons (Fsp3) is 0.115. The van der Waals surface area contributed by atoms with Crippen LogP contribution in [0.2, 0.25) is 0 Å². The van der Waals surface area contributed by atoms with Crippen LogP contribution in [0.4, 0.5) is 4.39 Å². The Hall–Kier alpha value is -3.08. The van der Waals surface area contributed by atoms with E-state index in [4.69, 9.17) is 14.1 Å². The molecule has 0 radical (unpaired) electrons. The number of aromatic nitrogens is 1. The monoisotopic (exact) mass is 630 g/mol. The molecule has 0 amide bonds. The first kappa shape index (κ1) is 24.6. The van der Waals surface area contributed by atoms with Gasteiger partial charge in [-0.1, -0.05) is 53.8 Å². The Labute approximate surface area is 225 Å². The van der Waals surface area contributed by atoms with Gasteiger partial charge in [-0.3, -0.25) is 9.36 Å². The van der Waals surface area contributed by atoms with Gasteiger partial charge in [0.1, 0.15) is 11.6 Å². The van der Waals surface area contributed by atoms with Gasteiger partial charge in [0.15, 0.2) is 9.47 Å². The fourth-order valence-corrected chi connectivity index (χ4v) is 5.55. The number of hydrogen-bond donors (Lipinski definition) is 0. The Morgan fingerprint density at radius 2 is 1.92 bits per heavy atom. The van der Waals surface area contributed by atoms with Gasteiger partial charge in [-0.25, -0.2) is 14.2 Å². The Bertz CT molecular complexity index is 1650. The van der Waals surface area contributed by atoms with Gasteiger partial charge in [-0.2, -0.15) is 0 Å². The maximum absolute atomic E-state index is 13.8. The van der Waals surface area contributed by atoms with E-state index in [1.54, 1.807) is 31.2 Å². The number of fused-ring (bicyclic) bond motifs is 1. The summed E-state index contributed by atoms with van der Waals surface area (Å²) >= 11 is 7.85. The van der Waals surface area contributed by atoms with Crippen molar-refractivity contribution >= 4 is 60.9 Å². The third-order valence-electron chi connectivity index (χ3n) is 5.50. The number of carbonyl (C=O) groups is 1. The predicted octanol–water partition coefficient (Wildman–Crippen LogP) is 5.19. The summed E-state index contributed by atoms with van der Waals surface area (Å²) in [6.45, 7) is 1.86. The van der Waals surface area contributed by atoms with Crippen LogP contribution in [0.3, 0.4) is 0 Å². The minimum Gasteiger partial charge on any atom is -0.463 e. The van der Waals surface area contributed by atoms with Crippen molar-refractivity contribution in [1.82, 2.24) is 4.57 Å². The van der Waals surface area contributed by atoms with Crippen LogP contribution in [-0.4, -0.2) is 17.1 Å². The van der Waals surface area contributed by atoms with Gasteiger partial charge in [0, 0.05) is 11.6 Å². The van der Waals surface area contributed by atoms with Crippen LogP contribution in [0.15, 0.2) is 89.6 Å². The Morgan fingerprint density at radius 3 is 2.56 bits per heavy atom. The highest BCUT2D eigenvalue weighted by Crippen LogP contribution is 2.35. The predicted molar refractivity (Wildman–Crippen MR) is 142 cm³/mol. The average molecular weight is 632 g/mol. The van der Waals surface area contributed by atoms with Crippen molar-refractivity contribution in [2.24, 2.45) is 4.99 Å². The van der Waals surface area contributed by atoms with Gasteiger partial charge in [-0.05, 0) is 62.5 Å². The second kappa shape index (κ2) is 10.1. The van der Waals surface area contributed by atoms with Crippen molar-refractivity contribution in [3.05, 3.63) is 118 Å². The number of esters is 1. The Kier molecular flexibility index (Phi) is 6.92. The zero-order chi connectivity index (χ0) is 25.4. The number of halogens is 3. The zero-order valence-electron chi connectivity index (χ0n) is 18.7. The van der Waals surface area contributed by atoms with Crippen molar-refractivity contribution < 1.29 is 18.3 Å². The molecular weight excluding hydrogens is 615 g/mol. The molecule has 1 atom stereocenters. The van der Waals surface area contributed by atoms with Crippen LogP contribution in [-0.2, 0) is 9.53 Å². The van der Waals surface area contributed by atoms with E-state index in [9.17, 15) is 14.0 Å². The largest absolute Gasteiger partial charge is 0.463 e. The summed E-state index contributed by atoms with van der Waals surface area (Å²) < 4.78 is 27.9. The molecule has 6 nitrogen and oxygen atoms in total. The number of nitrogens with zero attached hydrogens (tertiary/aromatic N) is 2. The average Bonchev–Trinajstić information content (AvgIpc) is 3.36. The van der Waals surface area contributed by atoms with Crippen molar-refractivity contribution in [2.45, 2.75) is 13.0 Å². The third kappa shape index (κ3) is 4.56. The van der Waals surface area contributed by atoms with Gasteiger partial charge in [0.2, 0.25) is 0 Å². The fourth-order valence-electron chi connectivity index (χ4n) is 3.96. The molecule has 0 N–H and O–H groups in total. The molecule has 1 aliphatic rings. The molecule has 1 aliphatic heterocycles. The van der Waals surface area contributed by atoms with E-state index in [-0.39, 0.29) is 17.7 Å². The molecule has 0 spiro atoms. The van der Waals surface area contributed by atoms with E-state index in [1.807, 2.05) is 30.3 Å². The molecule has 0 saturated carbocycles. The minimum atomic E-state index is -0.867. The topological polar surface area (TPSA) is 73.8 Å². The lowest BCUT2D eigenvalue weighted by Gasteiger charge is -2.25. The van der Waals surface area contributed by atoms with Crippen LogP contribution >= 0.6 is 43.2 Å². The molecule has 0 bridgehead atoms. The van der Waals surface area contributed by atoms with Crippen LogP contribution in [0.5, 0.6) is 0 Å². The van der Waals surface area contributed by atoms with Crippen molar-refractivity contribution in [3.63, 3.8) is 0 Å². The quantitative estimate of drug-likeness (QED) is 0.284. The van der Waals surface area contributed by atoms with Crippen molar-refractivity contribution in [3.8, 4) is 0 Å². The molecule has 0 aliphatic carbocycles. The van der Waals surface area contributed by atoms with Crippen LogP contribution in [0, 0.1) is 5.82 Å². The molecule has 182 valence electrons. The number of hydrogen-bond acceptors (Lipinski definition) is 6. The zero-order valence-corrected chi connectivity index (χ0v) is 22.7.